The predicted molar refractivity (Wildman–Crippen MR) is 75.1 cm³/mol. The van der Waals surface area contributed by atoms with Gasteiger partial charge < -0.3 is 4.74 Å². The lowest BCUT2D eigenvalue weighted by atomic mass is 10.00. The van der Waals surface area contributed by atoms with Crippen molar-refractivity contribution in [3.63, 3.8) is 0 Å². The number of rotatable bonds is 3. The molecule has 0 amide bonds. The van der Waals surface area contributed by atoms with Crippen molar-refractivity contribution >= 4 is 17.4 Å². The van der Waals surface area contributed by atoms with Crippen LogP contribution in [0.5, 0.6) is 5.75 Å². The number of hydrogen-bond acceptors (Lipinski definition) is 2. The van der Waals surface area contributed by atoms with Gasteiger partial charge in [-0.3, -0.25) is 4.79 Å². The fourth-order valence-corrected chi connectivity index (χ4v) is 2.65. The van der Waals surface area contributed by atoms with Crippen LogP contribution in [0.3, 0.4) is 0 Å². The molecule has 0 aliphatic carbocycles. The van der Waals surface area contributed by atoms with Gasteiger partial charge in [-0.1, -0.05) is 11.6 Å². The molecule has 0 saturated carbocycles. The third kappa shape index (κ3) is 2.54. The van der Waals surface area contributed by atoms with Crippen LogP contribution in [0.2, 0.25) is 5.02 Å². The lowest BCUT2D eigenvalue weighted by Gasteiger charge is -2.08. The molecule has 1 aliphatic rings. The quantitative estimate of drug-likeness (QED) is 0.803. The Balaban J connectivity index is 1.88. The van der Waals surface area contributed by atoms with Gasteiger partial charge in [-0.15, -0.1) is 0 Å². The number of ketones is 1. The van der Waals surface area contributed by atoms with Crippen LogP contribution in [0.1, 0.15) is 21.5 Å². The molecule has 0 bridgehead atoms. The average molecular weight is 291 g/mol. The van der Waals surface area contributed by atoms with Crippen LogP contribution in [0.25, 0.3) is 0 Å². The second kappa shape index (κ2) is 5.25. The van der Waals surface area contributed by atoms with Crippen LogP contribution in [-0.4, -0.2) is 12.4 Å². The molecule has 2 nitrogen and oxygen atoms in total. The van der Waals surface area contributed by atoms with Crippen molar-refractivity contribution < 1.29 is 13.9 Å². The minimum Gasteiger partial charge on any atom is -0.493 e. The number of carbonyl (C=O) groups is 1. The molecule has 0 unspecified atom stereocenters. The Morgan fingerprint density at radius 3 is 2.75 bits per heavy atom. The van der Waals surface area contributed by atoms with Gasteiger partial charge in [0.2, 0.25) is 0 Å². The van der Waals surface area contributed by atoms with E-state index in [1.807, 2.05) is 6.07 Å². The summed E-state index contributed by atoms with van der Waals surface area (Å²) in [6, 6.07) is 9.17. The molecule has 0 radical (unpaired) electrons. The molecule has 0 atom stereocenters. The summed E-state index contributed by atoms with van der Waals surface area (Å²) in [6.45, 7) is 0.618. The van der Waals surface area contributed by atoms with E-state index in [1.165, 1.54) is 24.3 Å². The second-order valence-corrected chi connectivity index (χ2v) is 5.19. The highest BCUT2D eigenvalue weighted by Crippen LogP contribution is 2.33. The van der Waals surface area contributed by atoms with E-state index < -0.39 is 0 Å². The molecule has 1 heterocycles. The van der Waals surface area contributed by atoms with Crippen molar-refractivity contribution in [3.05, 3.63) is 63.9 Å². The molecule has 0 N–H and O–H groups in total. The first-order valence-corrected chi connectivity index (χ1v) is 6.74. The Bertz CT molecular complexity index is 665. The summed E-state index contributed by atoms with van der Waals surface area (Å²) >= 11 is 6.06. The number of ether oxygens (including phenoxy) is 1. The van der Waals surface area contributed by atoms with Gasteiger partial charge in [0.05, 0.1) is 6.61 Å². The van der Waals surface area contributed by atoms with Gasteiger partial charge in [0.25, 0.3) is 0 Å². The molecule has 1 aliphatic heterocycles. The number of halogens is 2. The van der Waals surface area contributed by atoms with Crippen molar-refractivity contribution in [1.29, 1.82) is 0 Å². The zero-order valence-corrected chi connectivity index (χ0v) is 11.4. The first kappa shape index (κ1) is 13.1. The SMILES string of the molecule is O=C(Cc1cc(Cl)cc2c1OCC2)c1ccc(F)cc1. The molecule has 2 aromatic rings. The maximum Gasteiger partial charge on any atom is 0.167 e. The third-order valence-electron chi connectivity index (χ3n) is 3.34. The van der Waals surface area contributed by atoms with Gasteiger partial charge in [0.15, 0.2) is 5.78 Å². The molecule has 0 aromatic heterocycles. The minimum atomic E-state index is -0.353. The third-order valence-corrected chi connectivity index (χ3v) is 3.56. The fraction of sp³-hybridized carbons (Fsp3) is 0.188. The van der Waals surface area contributed by atoms with E-state index in [1.54, 1.807) is 6.07 Å². The van der Waals surface area contributed by atoms with Gasteiger partial charge in [-0.05, 0) is 42.0 Å². The summed E-state index contributed by atoms with van der Waals surface area (Å²) in [4.78, 5) is 12.2. The van der Waals surface area contributed by atoms with Crippen LogP contribution < -0.4 is 4.74 Å². The van der Waals surface area contributed by atoms with E-state index in [0.717, 1.165) is 23.3 Å². The molecule has 3 rings (SSSR count). The fourth-order valence-electron chi connectivity index (χ4n) is 2.39. The number of carbonyl (C=O) groups excluding carboxylic acids is 1. The largest absolute Gasteiger partial charge is 0.493 e. The summed E-state index contributed by atoms with van der Waals surface area (Å²) in [6.07, 6.45) is 1.02. The van der Waals surface area contributed by atoms with Crippen LogP contribution >= 0.6 is 11.6 Å². The Kier molecular flexibility index (Phi) is 3.45. The van der Waals surface area contributed by atoms with Crippen LogP contribution in [0, 0.1) is 5.82 Å². The number of benzene rings is 2. The number of hydrogen-bond donors (Lipinski definition) is 0. The van der Waals surface area contributed by atoms with E-state index in [2.05, 4.69) is 0 Å². The summed E-state index contributed by atoms with van der Waals surface area (Å²) in [7, 11) is 0. The average Bonchev–Trinajstić information content (AvgIpc) is 2.87. The topological polar surface area (TPSA) is 26.3 Å². The zero-order valence-electron chi connectivity index (χ0n) is 10.7. The molecule has 20 heavy (non-hydrogen) atoms. The second-order valence-electron chi connectivity index (χ2n) is 4.76. The molecule has 2 aromatic carbocycles. The summed E-state index contributed by atoms with van der Waals surface area (Å²) < 4.78 is 18.4. The highest BCUT2D eigenvalue weighted by atomic mass is 35.5. The van der Waals surface area contributed by atoms with Gasteiger partial charge in [0.1, 0.15) is 11.6 Å². The maximum atomic E-state index is 12.9. The van der Waals surface area contributed by atoms with Crippen molar-refractivity contribution in [2.45, 2.75) is 12.8 Å². The van der Waals surface area contributed by atoms with Gasteiger partial charge in [-0.2, -0.15) is 0 Å². The Hall–Kier alpha value is -1.87. The molecular formula is C16H12ClFO2. The monoisotopic (exact) mass is 290 g/mol. The van der Waals surface area contributed by atoms with Crippen molar-refractivity contribution in [3.8, 4) is 5.75 Å². The van der Waals surface area contributed by atoms with Crippen molar-refractivity contribution in [2.24, 2.45) is 0 Å². The van der Waals surface area contributed by atoms with Crippen molar-refractivity contribution in [1.82, 2.24) is 0 Å². The molecule has 4 heteroatoms. The lowest BCUT2D eigenvalue weighted by molar-refractivity contribution is 0.0992. The standard InChI is InChI=1S/C16H12ClFO2/c17-13-7-11-5-6-20-16(11)12(8-13)9-15(19)10-1-3-14(18)4-2-10/h1-4,7-8H,5-6,9H2. The molecule has 102 valence electrons. The highest BCUT2D eigenvalue weighted by Gasteiger charge is 2.19. The van der Waals surface area contributed by atoms with E-state index in [4.69, 9.17) is 16.3 Å². The van der Waals surface area contributed by atoms with Gasteiger partial charge in [-0.25, -0.2) is 4.39 Å². The Morgan fingerprint density at radius 1 is 1.25 bits per heavy atom. The summed E-state index contributed by atoms with van der Waals surface area (Å²) in [5, 5.41) is 0.608. The normalized spacial score (nSPS) is 12.9. The van der Waals surface area contributed by atoms with E-state index in [0.29, 0.717) is 17.2 Å². The van der Waals surface area contributed by atoms with Crippen LogP contribution in [-0.2, 0) is 12.8 Å². The highest BCUT2D eigenvalue weighted by molar-refractivity contribution is 6.30. The lowest BCUT2D eigenvalue weighted by Crippen LogP contribution is -2.05. The summed E-state index contributed by atoms with van der Waals surface area (Å²) in [5.41, 5.74) is 2.32. The van der Waals surface area contributed by atoms with Crippen LogP contribution in [0.15, 0.2) is 36.4 Å². The maximum absolute atomic E-state index is 12.9. The Morgan fingerprint density at radius 2 is 2.00 bits per heavy atom. The van der Waals surface area contributed by atoms with Gasteiger partial charge in [0, 0.05) is 29.0 Å². The van der Waals surface area contributed by atoms with E-state index >= 15 is 0 Å². The number of fused-ring (bicyclic) bond motifs is 1. The van der Waals surface area contributed by atoms with E-state index in [-0.39, 0.29) is 18.0 Å². The van der Waals surface area contributed by atoms with E-state index in [9.17, 15) is 9.18 Å². The first-order valence-electron chi connectivity index (χ1n) is 6.36. The number of Topliss-reactive ketones (excluding diaryl/α,β-unsaturated/α-hetero) is 1. The molecular weight excluding hydrogens is 279 g/mol. The first-order chi connectivity index (χ1) is 9.63. The smallest absolute Gasteiger partial charge is 0.167 e. The zero-order chi connectivity index (χ0) is 14.1. The summed E-state index contributed by atoms with van der Waals surface area (Å²) in [5.74, 6) is 0.336. The molecule has 0 fully saturated rings. The van der Waals surface area contributed by atoms with Crippen molar-refractivity contribution in [2.75, 3.05) is 6.61 Å². The van der Waals surface area contributed by atoms with Gasteiger partial charge >= 0.3 is 0 Å². The molecule has 0 saturated heterocycles. The predicted octanol–water partition coefficient (Wildman–Crippen LogP) is 3.84. The Labute approximate surface area is 121 Å². The molecule has 0 spiro atoms. The minimum absolute atomic E-state index is 0.0787. The van der Waals surface area contributed by atoms with Crippen LogP contribution in [0.4, 0.5) is 4.39 Å².